The van der Waals surface area contributed by atoms with Crippen LogP contribution in [0.2, 0.25) is 0 Å². The predicted molar refractivity (Wildman–Crippen MR) is 121 cm³/mol. The van der Waals surface area contributed by atoms with Crippen molar-refractivity contribution >= 4 is 22.8 Å². The maximum Gasteiger partial charge on any atom is 0.302 e. The molecule has 34 heavy (non-hydrogen) atoms. The quantitative estimate of drug-likeness (QED) is 0.468. The zero-order valence-electron chi connectivity index (χ0n) is 18.2. The fourth-order valence-corrected chi connectivity index (χ4v) is 4.06. The number of carbonyl (C=O) groups is 2. The first-order valence-electron chi connectivity index (χ1n) is 10.7. The molecule has 1 N–H and O–H groups in total. The van der Waals surface area contributed by atoms with Crippen LogP contribution in [0.1, 0.15) is 23.7 Å². The van der Waals surface area contributed by atoms with Gasteiger partial charge in [-0.3, -0.25) is 14.4 Å². The number of amides is 1. The number of esters is 1. The number of nitrogens with zero attached hydrogens (tertiary/aromatic N) is 4. The zero-order valence-corrected chi connectivity index (χ0v) is 18.2. The SMILES string of the molecule is CC(=O)O[C@H]1CCN(C(=O)c2ccc(-n3cc(-c4cc5cc(F)ccc5[nH]c4=O)nn3)cc2)C1. The smallest absolute Gasteiger partial charge is 0.302 e. The van der Waals surface area contributed by atoms with Gasteiger partial charge >= 0.3 is 5.97 Å². The third-order valence-corrected chi connectivity index (χ3v) is 5.72. The van der Waals surface area contributed by atoms with Gasteiger partial charge in [-0.1, -0.05) is 5.21 Å². The van der Waals surface area contributed by atoms with E-state index in [0.717, 1.165) is 0 Å². The largest absolute Gasteiger partial charge is 0.461 e. The van der Waals surface area contributed by atoms with Crippen molar-refractivity contribution < 1.29 is 18.7 Å². The van der Waals surface area contributed by atoms with Crippen LogP contribution in [0.25, 0.3) is 27.8 Å². The lowest BCUT2D eigenvalue weighted by Gasteiger charge is -2.16. The fourth-order valence-electron chi connectivity index (χ4n) is 4.06. The maximum atomic E-state index is 13.6. The molecule has 1 fully saturated rings. The number of benzene rings is 2. The summed E-state index contributed by atoms with van der Waals surface area (Å²) in [4.78, 5) is 40.8. The Morgan fingerprint density at radius 3 is 2.71 bits per heavy atom. The van der Waals surface area contributed by atoms with Gasteiger partial charge in [0.2, 0.25) is 0 Å². The van der Waals surface area contributed by atoms with E-state index in [1.54, 1.807) is 41.4 Å². The van der Waals surface area contributed by atoms with Crippen LogP contribution in [0.15, 0.2) is 59.5 Å². The van der Waals surface area contributed by atoms with Crippen molar-refractivity contribution in [1.82, 2.24) is 24.9 Å². The minimum Gasteiger partial charge on any atom is -0.461 e. The number of ether oxygens (including phenoxy) is 1. The number of hydrogen-bond acceptors (Lipinski definition) is 6. The average molecular weight is 461 g/mol. The van der Waals surface area contributed by atoms with Crippen LogP contribution in [0.5, 0.6) is 0 Å². The minimum absolute atomic E-state index is 0.143. The molecule has 0 spiro atoms. The molecular weight excluding hydrogens is 441 g/mol. The summed E-state index contributed by atoms with van der Waals surface area (Å²) in [5.74, 6) is -0.899. The molecule has 10 heteroatoms. The first-order valence-corrected chi connectivity index (χ1v) is 10.7. The number of hydrogen-bond donors (Lipinski definition) is 1. The van der Waals surface area contributed by atoms with Gasteiger partial charge in [0.1, 0.15) is 17.6 Å². The molecule has 0 unspecified atom stereocenters. The highest BCUT2D eigenvalue weighted by atomic mass is 19.1. The summed E-state index contributed by atoms with van der Waals surface area (Å²) in [7, 11) is 0. The van der Waals surface area contributed by atoms with E-state index in [4.69, 9.17) is 4.74 Å². The van der Waals surface area contributed by atoms with Gasteiger partial charge in [-0.05, 0) is 48.5 Å². The highest BCUT2D eigenvalue weighted by Gasteiger charge is 2.28. The molecule has 2 aromatic carbocycles. The highest BCUT2D eigenvalue weighted by Crippen LogP contribution is 2.21. The highest BCUT2D eigenvalue weighted by molar-refractivity contribution is 5.94. The number of carbonyl (C=O) groups excluding carboxylic acids is 2. The second-order valence-electron chi connectivity index (χ2n) is 8.11. The van der Waals surface area contributed by atoms with Crippen LogP contribution in [-0.2, 0) is 9.53 Å². The van der Waals surface area contributed by atoms with Crippen molar-refractivity contribution in [2.24, 2.45) is 0 Å². The molecular formula is C24H20FN5O4. The summed E-state index contributed by atoms with van der Waals surface area (Å²) < 4.78 is 20.3. The van der Waals surface area contributed by atoms with E-state index in [-0.39, 0.29) is 29.1 Å². The standard InChI is InChI=1S/C24H20FN5O4/c1-14(31)34-19-8-9-29(12-19)24(33)15-2-5-18(6-3-15)30-13-22(27-28-30)20-11-16-10-17(25)4-7-21(16)26-23(20)32/h2-7,10-11,13,19H,8-9,12H2,1H3,(H,26,32)/t19-/m0/s1. The van der Waals surface area contributed by atoms with Crippen molar-refractivity contribution in [3.8, 4) is 16.9 Å². The Balaban J connectivity index is 1.35. The fraction of sp³-hybridized carbons (Fsp3) is 0.208. The van der Waals surface area contributed by atoms with Crippen LogP contribution < -0.4 is 5.56 Å². The van der Waals surface area contributed by atoms with Crippen LogP contribution in [0.4, 0.5) is 4.39 Å². The third kappa shape index (κ3) is 4.17. The molecule has 0 saturated carbocycles. The minimum atomic E-state index is -0.403. The first kappa shape index (κ1) is 21.5. The van der Waals surface area contributed by atoms with Gasteiger partial charge in [-0.2, -0.15) is 0 Å². The molecule has 1 aliphatic heterocycles. The number of likely N-dealkylation sites (tertiary alicyclic amines) is 1. The van der Waals surface area contributed by atoms with E-state index in [1.807, 2.05) is 0 Å². The van der Waals surface area contributed by atoms with Gasteiger partial charge in [0.05, 0.1) is 24.0 Å². The van der Waals surface area contributed by atoms with Gasteiger partial charge in [-0.15, -0.1) is 5.10 Å². The molecule has 1 atom stereocenters. The van der Waals surface area contributed by atoms with Crippen LogP contribution in [0, 0.1) is 5.82 Å². The van der Waals surface area contributed by atoms with Gasteiger partial charge in [0, 0.05) is 36.4 Å². The molecule has 1 aliphatic rings. The lowest BCUT2D eigenvalue weighted by molar-refractivity contribution is -0.145. The van der Waals surface area contributed by atoms with Crippen LogP contribution in [0.3, 0.4) is 0 Å². The molecule has 0 radical (unpaired) electrons. The summed E-state index contributed by atoms with van der Waals surface area (Å²) in [6, 6.07) is 12.5. The van der Waals surface area contributed by atoms with Crippen molar-refractivity contribution in [2.75, 3.05) is 13.1 Å². The molecule has 9 nitrogen and oxygen atoms in total. The Kier molecular flexibility index (Phi) is 5.40. The predicted octanol–water partition coefficient (Wildman–Crippen LogP) is 2.69. The summed E-state index contributed by atoms with van der Waals surface area (Å²) in [6.45, 7) is 2.25. The average Bonchev–Trinajstić information content (AvgIpc) is 3.48. The molecule has 0 bridgehead atoms. The number of fused-ring (bicyclic) bond motifs is 1. The second-order valence-corrected chi connectivity index (χ2v) is 8.11. The lowest BCUT2D eigenvalue weighted by Crippen LogP contribution is -2.30. The van der Waals surface area contributed by atoms with E-state index in [2.05, 4.69) is 15.3 Å². The summed E-state index contributed by atoms with van der Waals surface area (Å²) in [5, 5.41) is 8.72. The number of aromatic amines is 1. The Morgan fingerprint density at radius 2 is 1.94 bits per heavy atom. The van der Waals surface area contributed by atoms with E-state index in [9.17, 15) is 18.8 Å². The van der Waals surface area contributed by atoms with Crippen molar-refractivity contribution in [2.45, 2.75) is 19.4 Å². The number of nitrogens with one attached hydrogen (secondary N) is 1. The molecule has 1 saturated heterocycles. The Hall–Kier alpha value is -4.34. The van der Waals surface area contributed by atoms with Gasteiger partial charge in [-0.25, -0.2) is 9.07 Å². The molecule has 2 aromatic heterocycles. The zero-order chi connectivity index (χ0) is 23.8. The van der Waals surface area contributed by atoms with E-state index >= 15 is 0 Å². The first-order chi connectivity index (χ1) is 16.4. The van der Waals surface area contributed by atoms with Crippen LogP contribution in [-0.4, -0.2) is 55.9 Å². The van der Waals surface area contributed by atoms with E-state index < -0.39 is 5.82 Å². The molecule has 172 valence electrons. The van der Waals surface area contributed by atoms with Crippen molar-refractivity contribution in [3.63, 3.8) is 0 Å². The summed E-state index contributed by atoms with van der Waals surface area (Å²) >= 11 is 0. The van der Waals surface area contributed by atoms with E-state index in [0.29, 0.717) is 47.4 Å². The monoisotopic (exact) mass is 461 g/mol. The molecule has 4 aromatic rings. The number of aromatic nitrogens is 4. The number of H-pyrrole nitrogens is 1. The van der Waals surface area contributed by atoms with Gasteiger partial charge < -0.3 is 14.6 Å². The number of pyridine rings is 1. The van der Waals surface area contributed by atoms with E-state index in [1.165, 1.54) is 29.8 Å². The number of rotatable bonds is 4. The third-order valence-electron chi connectivity index (χ3n) is 5.72. The normalized spacial score (nSPS) is 15.6. The summed E-state index contributed by atoms with van der Waals surface area (Å²) in [6.07, 6.45) is 1.94. The molecule has 3 heterocycles. The molecule has 1 amide bonds. The molecule has 0 aliphatic carbocycles. The maximum absolute atomic E-state index is 13.6. The molecule has 5 rings (SSSR count). The topological polar surface area (TPSA) is 110 Å². The number of halogens is 1. The Labute approximate surface area is 192 Å². The van der Waals surface area contributed by atoms with Gasteiger partial charge in [0.25, 0.3) is 11.5 Å². The Morgan fingerprint density at radius 1 is 1.15 bits per heavy atom. The van der Waals surface area contributed by atoms with Crippen LogP contribution >= 0.6 is 0 Å². The van der Waals surface area contributed by atoms with Gasteiger partial charge in [0.15, 0.2) is 0 Å². The summed E-state index contributed by atoms with van der Waals surface area (Å²) in [5.41, 5.74) is 1.93. The van der Waals surface area contributed by atoms with Crippen molar-refractivity contribution in [3.05, 3.63) is 76.5 Å². The lowest BCUT2D eigenvalue weighted by atomic mass is 10.1. The second kappa shape index (κ2) is 8.54. The van der Waals surface area contributed by atoms with Crippen molar-refractivity contribution in [1.29, 1.82) is 0 Å². The Bertz CT molecular complexity index is 1460.